The Bertz CT molecular complexity index is 1020. The van der Waals surface area contributed by atoms with E-state index in [9.17, 15) is 9.59 Å². The van der Waals surface area contributed by atoms with Crippen LogP contribution in [-0.2, 0) is 0 Å². The van der Waals surface area contributed by atoms with Gasteiger partial charge in [0.05, 0.1) is 0 Å². The van der Waals surface area contributed by atoms with Crippen LogP contribution in [0, 0.1) is 0 Å². The molecule has 0 aromatic heterocycles. The van der Waals surface area contributed by atoms with Crippen LogP contribution >= 0.6 is 0 Å². The molecule has 2 amide bonds. The molecule has 0 aliphatic rings. The zero-order chi connectivity index (χ0) is 23.0. The van der Waals surface area contributed by atoms with Gasteiger partial charge in [0.15, 0.2) is 0 Å². The monoisotopic (exact) mass is 432 g/mol. The summed E-state index contributed by atoms with van der Waals surface area (Å²) in [5.74, 6) is 1.06. The second kappa shape index (κ2) is 10.5. The van der Waals surface area contributed by atoms with Crippen LogP contribution in [0.3, 0.4) is 0 Å². The van der Waals surface area contributed by atoms with E-state index in [1.54, 1.807) is 48.5 Å². The fourth-order valence-corrected chi connectivity index (χ4v) is 2.86. The van der Waals surface area contributed by atoms with E-state index < -0.39 is 0 Å². The van der Waals surface area contributed by atoms with E-state index in [4.69, 9.17) is 9.47 Å². The minimum Gasteiger partial charge on any atom is -0.490 e. The Hall–Kier alpha value is -3.80. The SMILES string of the molecule is CC(C)(C)NC(=O)c1ccc(NC(=O)c2ccc(OCCOc3ccccc3)cc2)cc1. The van der Waals surface area contributed by atoms with Crippen molar-refractivity contribution in [3.05, 3.63) is 90.0 Å². The maximum atomic E-state index is 12.5. The average molecular weight is 433 g/mol. The van der Waals surface area contributed by atoms with E-state index in [2.05, 4.69) is 10.6 Å². The predicted molar refractivity (Wildman–Crippen MR) is 125 cm³/mol. The molecule has 0 unspecified atom stereocenters. The van der Waals surface area contributed by atoms with Gasteiger partial charge in [-0.3, -0.25) is 9.59 Å². The number of carbonyl (C=O) groups excluding carboxylic acids is 2. The first kappa shape index (κ1) is 22.9. The summed E-state index contributed by atoms with van der Waals surface area (Å²) in [6.45, 7) is 6.60. The summed E-state index contributed by atoms with van der Waals surface area (Å²) in [4.78, 5) is 24.7. The van der Waals surface area contributed by atoms with Gasteiger partial charge in [-0.05, 0) is 81.4 Å². The number of benzene rings is 3. The van der Waals surface area contributed by atoms with Crippen molar-refractivity contribution in [2.24, 2.45) is 0 Å². The number of nitrogens with one attached hydrogen (secondary N) is 2. The molecule has 0 heterocycles. The maximum Gasteiger partial charge on any atom is 0.255 e. The van der Waals surface area contributed by atoms with Crippen molar-refractivity contribution in [2.45, 2.75) is 26.3 Å². The van der Waals surface area contributed by atoms with Crippen LogP contribution in [0.4, 0.5) is 5.69 Å². The molecule has 0 fully saturated rings. The highest BCUT2D eigenvalue weighted by molar-refractivity contribution is 6.04. The minimum atomic E-state index is -0.311. The van der Waals surface area contributed by atoms with Gasteiger partial charge >= 0.3 is 0 Å². The molecule has 2 N–H and O–H groups in total. The molecular formula is C26H28N2O4. The van der Waals surface area contributed by atoms with E-state index in [1.807, 2.05) is 51.1 Å². The highest BCUT2D eigenvalue weighted by Gasteiger charge is 2.15. The van der Waals surface area contributed by atoms with Crippen molar-refractivity contribution >= 4 is 17.5 Å². The van der Waals surface area contributed by atoms with Gasteiger partial charge in [0.2, 0.25) is 0 Å². The molecule has 0 radical (unpaired) electrons. The van der Waals surface area contributed by atoms with Crippen molar-refractivity contribution in [1.29, 1.82) is 0 Å². The van der Waals surface area contributed by atoms with Crippen LogP contribution in [0.5, 0.6) is 11.5 Å². The minimum absolute atomic E-state index is 0.153. The summed E-state index contributed by atoms with van der Waals surface area (Å²) in [7, 11) is 0. The Morgan fingerprint density at radius 3 is 1.75 bits per heavy atom. The highest BCUT2D eigenvalue weighted by atomic mass is 16.5. The molecule has 0 spiro atoms. The number of hydrogen-bond donors (Lipinski definition) is 2. The molecule has 0 aliphatic heterocycles. The van der Waals surface area contributed by atoms with Crippen LogP contribution in [0.15, 0.2) is 78.9 Å². The Labute approximate surface area is 188 Å². The van der Waals surface area contributed by atoms with Gasteiger partial charge in [0.25, 0.3) is 11.8 Å². The Kier molecular flexibility index (Phi) is 7.49. The van der Waals surface area contributed by atoms with Gasteiger partial charge in [-0.2, -0.15) is 0 Å². The van der Waals surface area contributed by atoms with E-state index in [-0.39, 0.29) is 17.4 Å². The fraction of sp³-hybridized carbons (Fsp3) is 0.231. The molecule has 3 aromatic rings. The lowest BCUT2D eigenvalue weighted by Crippen LogP contribution is -2.40. The summed E-state index contributed by atoms with van der Waals surface area (Å²) < 4.78 is 11.2. The first-order chi connectivity index (χ1) is 15.3. The standard InChI is InChI=1S/C26H28N2O4/c1-26(2,3)28-25(30)20-9-13-21(14-10-20)27-24(29)19-11-15-23(16-12-19)32-18-17-31-22-7-5-4-6-8-22/h4-16H,17-18H2,1-3H3,(H,27,29)(H,28,30). The van der Waals surface area contributed by atoms with Crippen molar-refractivity contribution < 1.29 is 19.1 Å². The number of ether oxygens (including phenoxy) is 2. The second-order valence-corrected chi connectivity index (χ2v) is 8.27. The lowest BCUT2D eigenvalue weighted by molar-refractivity contribution is 0.0919. The number of hydrogen-bond acceptors (Lipinski definition) is 4. The van der Waals surface area contributed by atoms with E-state index in [1.165, 1.54) is 0 Å². The van der Waals surface area contributed by atoms with Gasteiger partial charge in [-0.1, -0.05) is 18.2 Å². The lowest BCUT2D eigenvalue weighted by atomic mass is 10.1. The molecule has 3 aromatic carbocycles. The molecule has 0 atom stereocenters. The normalized spacial score (nSPS) is 10.8. The van der Waals surface area contributed by atoms with Crippen molar-refractivity contribution in [3.8, 4) is 11.5 Å². The number of rotatable bonds is 8. The summed E-state index contributed by atoms with van der Waals surface area (Å²) in [6.07, 6.45) is 0. The zero-order valence-electron chi connectivity index (χ0n) is 18.6. The third-order valence-electron chi connectivity index (χ3n) is 4.37. The van der Waals surface area contributed by atoms with Gasteiger partial charge in [-0.25, -0.2) is 0 Å². The largest absolute Gasteiger partial charge is 0.490 e. The summed E-state index contributed by atoms with van der Waals surface area (Å²) in [5.41, 5.74) is 1.35. The van der Waals surface area contributed by atoms with Crippen molar-refractivity contribution in [1.82, 2.24) is 5.32 Å². The van der Waals surface area contributed by atoms with Crippen LogP contribution < -0.4 is 20.1 Å². The third kappa shape index (κ3) is 7.16. The van der Waals surface area contributed by atoms with Crippen LogP contribution in [0.25, 0.3) is 0 Å². The second-order valence-electron chi connectivity index (χ2n) is 8.27. The quantitative estimate of drug-likeness (QED) is 0.495. The van der Waals surface area contributed by atoms with E-state index >= 15 is 0 Å². The molecule has 32 heavy (non-hydrogen) atoms. The Morgan fingerprint density at radius 2 is 1.19 bits per heavy atom. The first-order valence-electron chi connectivity index (χ1n) is 10.4. The molecule has 6 nitrogen and oxygen atoms in total. The molecule has 0 aliphatic carbocycles. The Morgan fingerprint density at radius 1 is 0.688 bits per heavy atom. The predicted octanol–water partition coefficient (Wildman–Crippen LogP) is 4.93. The number of anilines is 1. The first-order valence-corrected chi connectivity index (χ1v) is 10.4. The number of carbonyl (C=O) groups is 2. The molecule has 3 rings (SSSR count). The molecular weight excluding hydrogens is 404 g/mol. The molecule has 166 valence electrons. The highest BCUT2D eigenvalue weighted by Crippen LogP contribution is 2.16. The number of para-hydroxylation sites is 1. The fourth-order valence-electron chi connectivity index (χ4n) is 2.86. The van der Waals surface area contributed by atoms with Gasteiger partial charge in [-0.15, -0.1) is 0 Å². The average Bonchev–Trinajstić information content (AvgIpc) is 2.77. The van der Waals surface area contributed by atoms with Crippen LogP contribution in [0.1, 0.15) is 41.5 Å². The van der Waals surface area contributed by atoms with Crippen molar-refractivity contribution in [2.75, 3.05) is 18.5 Å². The Balaban J connectivity index is 1.47. The molecule has 0 saturated heterocycles. The zero-order valence-corrected chi connectivity index (χ0v) is 18.6. The van der Waals surface area contributed by atoms with E-state index in [0.29, 0.717) is 35.8 Å². The van der Waals surface area contributed by atoms with Crippen LogP contribution in [-0.4, -0.2) is 30.6 Å². The maximum absolute atomic E-state index is 12.5. The smallest absolute Gasteiger partial charge is 0.255 e. The molecule has 0 bridgehead atoms. The summed E-state index contributed by atoms with van der Waals surface area (Å²) in [5, 5.41) is 5.74. The summed E-state index contributed by atoms with van der Waals surface area (Å²) in [6, 6.07) is 23.2. The van der Waals surface area contributed by atoms with Gasteiger partial charge in [0.1, 0.15) is 24.7 Å². The van der Waals surface area contributed by atoms with Gasteiger partial charge < -0.3 is 20.1 Å². The summed E-state index contributed by atoms with van der Waals surface area (Å²) >= 11 is 0. The van der Waals surface area contributed by atoms with Gasteiger partial charge in [0, 0.05) is 22.4 Å². The molecule has 0 saturated carbocycles. The van der Waals surface area contributed by atoms with Crippen LogP contribution in [0.2, 0.25) is 0 Å². The third-order valence-corrected chi connectivity index (χ3v) is 4.37. The van der Waals surface area contributed by atoms with Crippen molar-refractivity contribution in [3.63, 3.8) is 0 Å². The number of amides is 2. The van der Waals surface area contributed by atoms with E-state index in [0.717, 1.165) is 5.75 Å². The lowest BCUT2D eigenvalue weighted by Gasteiger charge is -2.20. The topological polar surface area (TPSA) is 76.7 Å². The molecule has 6 heteroatoms.